The zero-order valence-corrected chi connectivity index (χ0v) is 15.9. The van der Waals surface area contributed by atoms with E-state index in [1.165, 1.54) is 4.31 Å². The Morgan fingerprint density at radius 1 is 1.28 bits per heavy atom. The molecule has 1 aliphatic rings. The summed E-state index contributed by atoms with van der Waals surface area (Å²) in [4.78, 5) is 0.202. The molecule has 136 valence electrons. The summed E-state index contributed by atoms with van der Waals surface area (Å²) in [6.45, 7) is 8.36. The van der Waals surface area contributed by atoms with Crippen LogP contribution >= 0.6 is 0 Å². The first kappa shape index (κ1) is 18.1. The molecule has 3 rings (SSSR count). The molecule has 0 radical (unpaired) electrons. The third-order valence-corrected chi connectivity index (χ3v) is 6.97. The third kappa shape index (κ3) is 3.01. The lowest BCUT2D eigenvalue weighted by Gasteiger charge is -2.41. The first-order valence-electron chi connectivity index (χ1n) is 8.60. The average Bonchev–Trinajstić information content (AvgIpc) is 2.92. The lowest BCUT2D eigenvalue weighted by atomic mass is 9.95. The molecule has 0 aliphatic carbocycles. The van der Waals surface area contributed by atoms with Crippen LogP contribution < -0.4 is 0 Å². The van der Waals surface area contributed by atoms with Crippen LogP contribution in [0.5, 0.6) is 0 Å². The van der Waals surface area contributed by atoms with Gasteiger partial charge in [0.15, 0.2) is 0 Å². The van der Waals surface area contributed by atoms with Crippen LogP contribution in [0.3, 0.4) is 0 Å². The second-order valence-electron chi connectivity index (χ2n) is 6.78. The quantitative estimate of drug-likeness (QED) is 0.904. The highest BCUT2D eigenvalue weighted by Crippen LogP contribution is 2.39. The number of nitrogens with zero attached hydrogens (tertiary/aromatic N) is 3. The highest BCUT2D eigenvalue weighted by molar-refractivity contribution is 7.89. The van der Waals surface area contributed by atoms with Gasteiger partial charge in [0.05, 0.1) is 22.7 Å². The smallest absolute Gasteiger partial charge is 0.244 e. The van der Waals surface area contributed by atoms with Crippen molar-refractivity contribution in [3.05, 3.63) is 47.3 Å². The number of aliphatic hydroxyl groups is 1. The van der Waals surface area contributed by atoms with Gasteiger partial charge in [-0.2, -0.15) is 9.40 Å². The van der Waals surface area contributed by atoms with Gasteiger partial charge < -0.3 is 5.11 Å². The maximum Gasteiger partial charge on any atom is 0.244 e. The van der Waals surface area contributed by atoms with Gasteiger partial charge in [-0.3, -0.25) is 4.68 Å². The largest absolute Gasteiger partial charge is 0.387 e. The van der Waals surface area contributed by atoms with Crippen molar-refractivity contribution >= 4 is 10.0 Å². The van der Waals surface area contributed by atoms with Gasteiger partial charge in [0.1, 0.15) is 0 Å². The molecule has 0 saturated heterocycles. The van der Waals surface area contributed by atoms with Crippen LogP contribution in [0.15, 0.2) is 35.4 Å². The highest BCUT2D eigenvalue weighted by Gasteiger charge is 2.45. The zero-order chi connectivity index (χ0) is 18.4. The van der Waals surface area contributed by atoms with Crippen LogP contribution in [0.1, 0.15) is 43.7 Å². The van der Waals surface area contributed by atoms with Gasteiger partial charge in [0.25, 0.3) is 0 Å². The van der Waals surface area contributed by atoms with Gasteiger partial charge in [-0.15, -0.1) is 0 Å². The number of aromatic nitrogens is 2. The SMILES string of the molecule is CCn1cc(C[C@H]2[C@@H](O)c3ccccc3S(=O)(=O)N2C(C)C)c(C)n1. The Morgan fingerprint density at radius 2 is 1.96 bits per heavy atom. The molecule has 0 saturated carbocycles. The first-order valence-corrected chi connectivity index (χ1v) is 10.0. The molecule has 6 nitrogen and oxygen atoms in total. The Labute approximate surface area is 149 Å². The third-order valence-electron chi connectivity index (χ3n) is 4.79. The lowest BCUT2D eigenvalue weighted by Crippen LogP contribution is -2.52. The Morgan fingerprint density at radius 3 is 2.56 bits per heavy atom. The van der Waals surface area contributed by atoms with Crippen molar-refractivity contribution < 1.29 is 13.5 Å². The molecular weight excluding hydrogens is 338 g/mol. The minimum absolute atomic E-state index is 0.202. The fraction of sp³-hybridized carbons (Fsp3) is 0.500. The highest BCUT2D eigenvalue weighted by atomic mass is 32.2. The van der Waals surface area contributed by atoms with Crippen molar-refractivity contribution in [1.82, 2.24) is 14.1 Å². The Bertz CT molecular complexity index is 873. The second kappa shape index (κ2) is 6.55. The number of sulfonamides is 1. The molecule has 25 heavy (non-hydrogen) atoms. The average molecular weight is 363 g/mol. The van der Waals surface area contributed by atoms with Crippen LogP contribution in [-0.2, 0) is 23.0 Å². The normalized spacial score (nSPS) is 23.0. The first-order chi connectivity index (χ1) is 11.8. The van der Waals surface area contributed by atoms with Gasteiger partial charge in [0.2, 0.25) is 10.0 Å². The van der Waals surface area contributed by atoms with E-state index in [1.807, 2.05) is 38.6 Å². The second-order valence-corrected chi connectivity index (χ2v) is 8.59. The van der Waals surface area contributed by atoms with Crippen molar-refractivity contribution in [2.75, 3.05) is 0 Å². The van der Waals surface area contributed by atoms with Crippen molar-refractivity contribution in [3.8, 4) is 0 Å². The summed E-state index contributed by atoms with van der Waals surface area (Å²) in [5.41, 5.74) is 2.31. The van der Waals surface area contributed by atoms with Crippen molar-refractivity contribution in [2.24, 2.45) is 0 Å². The molecular formula is C18H25N3O3S. The number of fused-ring (bicyclic) bond motifs is 1. The van der Waals surface area contributed by atoms with E-state index in [9.17, 15) is 13.5 Å². The van der Waals surface area contributed by atoms with E-state index in [0.717, 1.165) is 17.8 Å². The molecule has 2 atom stereocenters. The molecule has 2 aromatic rings. The van der Waals surface area contributed by atoms with E-state index in [4.69, 9.17) is 0 Å². The number of hydrogen-bond donors (Lipinski definition) is 1. The van der Waals surface area contributed by atoms with E-state index in [-0.39, 0.29) is 10.9 Å². The van der Waals surface area contributed by atoms with E-state index >= 15 is 0 Å². The maximum atomic E-state index is 13.1. The van der Waals surface area contributed by atoms with Gasteiger partial charge >= 0.3 is 0 Å². The van der Waals surface area contributed by atoms with Crippen LogP contribution in [-0.4, -0.2) is 39.7 Å². The maximum absolute atomic E-state index is 13.1. The van der Waals surface area contributed by atoms with Crippen LogP contribution in [0.4, 0.5) is 0 Å². The van der Waals surface area contributed by atoms with E-state index in [1.54, 1.807) is 24.3 Å². The molecule has 1 aliphatic heterocycles. The minimum atomic E-state index is -3.65. The number of aliphatic hydroxyl groups excluding tert-OH is 1. The summed E-state index contributed by atoms with van der Waals surface area (Å²) < 4.78 is 29.5. The zero-order valence-electron chi connectivity index (χ0n) is 15.0. The molecule has 1 aromatic carbocycles. The topological polar surface area (TPSA) is 75.4 Å². The molecule has 0 bridgehead atoms. The van der Waals surface area contributed by atoms with Crippen molar-refractivity contribution in [3.63, 3.8) is 0 Å². The number of rotatable bonds is 4. The molecule has 0 unspecified atom stereocenters. The van der Waals surface area contributed by atoms with Gasteiger partial charge in [-0.25, -0.2) is 8.42 Å². The summed E-state index contributed by atoms with van der Waals surface area (Å²) in [6, 6.07) is 5.93. The fourth-order valence-electron chi connectivity index (χ4n) is 3.61. The number of hydrogen-bond acceptors (Lipinski definition) is 4. The minimum Gasteiger partial charge on any atom is -0.387 e. The summed E-state index contributed by atoms with van der Waals surface area (Å²) in [7, 11) is -3.65. The van der Waals surface area contributed by atoms with Gasteiger partial charge in [0, 0.05) is 24.3 Å². The molecule has 0 spiro atoms. The monoisotopic (exact) mass is 363 g/mol. The van der Waals surface area contributed by atoms with Crippen LogP contribution in [0.25, 0.3) is 0 Å². The summed E-state index contributed by atoms with van der Waals surface area (Å²) in [6.07, 6.45) is 1.50. The lowest BCUT2D eigenvalue weighted by molar-refractivity contribution is 0.0684. The van der Waals surface area contributed by atoms with Crippen LogP contribution in [0.2, 0.25) is 0 Å². The Kier molecular flexibility index (Phi) is 4.74. The predicted octanol–water partition coefficient (Wildman–Crippen LogP) is 2.27. The molecule has 0 amide bonds. The molecule has 0 fully saturated rings. The molecule has 7 heteroatoms. The summed E-state index contributed by atoms with van der Waals surface area (Å²) >= 11 is 0. The van der Waals surface area contributed by atoms with E-state index in [0.29, 0.717) is 12.0 Å². The predicted molar refractivity (Wildman–Crippen MR) is 95.7 cm³/mol. The molecule has 2 heterocycles. The standard InChI is InChI=1S/C18H25N3O3S/c1-5-20-11-14(13(4)19-20)10-16-18(22)15-8-6-7-9-17(15)25(23,24)21(16)12(2)3/h6-9,11-12,16,18,22H,5,10H2,1-4H3/t16-,18-/m0/s1. The fourth-order valence-corrected chi connectivity index (χ4v) is 5.67. The summed E-state index contributed by atoms with van der Waals surface area (Å²) in [5, 5.41) is 15.4. The molecule has 1 aromatic heterocycles. The van der Waals surface area contributed by atoms with Gasteiger partial charge in [-0.1, -0.05) is 18.2 Å². The Hall–Kier alpha value is -1.70. The van der Waals surface area contributed by atoms with E-state index in [2.05, 4.69) is 5.10 Å². The van der Waals surface area contributed by atoms with Crippen molar-refractivity contribution in [2.45, 2.75) is 63.7 Å². The number of aryl methyl sites for hydroxylation is 2. The molecule has 1 N–H and O–H groups in total. The summed E-state index contributed by atoms with van der Waals surface area (Å²) in [5.74, 6) is 0. The van der Waals surface area contributed by atoms with Crippen LogP contribution in [0, 0.1) is 6.92 Å². The van der Waals surface area contributed by atoms with Crippen molar-refractivity contribution in [1.29, 1.82) is 0 Å². The number of benzene rings is 1. The van der Waals surface area contributed by atoms with Gasteiger partial charge in [-0.05, 0) is 45.7 Å². The Balaban J connectivity index is 2.09. The van der Waals surface area contributed by atoms with E-state index < -0.39 is 22.2 Å².